The Morgan fingerprint density at radius 1 is 1.54 bits per heavy atom. The van der Waals surface area contributed by atoms with Crippen molar-refractivity contribution in [3.63, 3.8) is 0 Å². The van der Waals surface area contributed by atoms with Crippen molar-refractivity contribution in [3.05, 3.63) is 27.7 Å². The molecule has 1 saturated carbocycles. The second-order valence-electron chi connectivity index (χ2n) is 6.74. The molecule has 0 atom stereocenters. The number of nitrogens with one attached hydrogen (secondary N) is 1. The Kier molecular flexibility index (Phi) is 4.97. The van der Waals surface area contributed by atoms with Crippen LogP contribution in [-0.2, 0) is 11.4 Å². The number of nitrogens with zero attached hydrogens (tertiary/aromatic N) is 4. The van der Waals surface area contributed by atoms with E-state index in [-0.39, 0.29) is 23.4 Å². The average molecular weight is 361 g/mol. The lowest BCUT2D eigenvalue weighted by molar-refractivity contribution is 0.0944. The summed E-state index contributed by atoms with van der Waals surface area (Å²) in [6, 6.07) is 0.0713. The highest BCUT2D eigenvalue weighted by Gasteiger charge is 2.29. The molecule has 1 amide bonds. The van der Waals surface area contributed by atoms with Crippen molar-refractivity contribution in [2.75, 3.05) is 6.61 Å². The van der Waals surface area contributed by atoms with Crippen LogP contribution in [0.5, 0.6) is 5.88 Å². The Bertz CT molecular complexity index is 908. The fraction of sp³-hybridized carbons (Fsp3) is 0.529. The van der Waals surface area contributed by atoms with Crippen LogP contribution in [0.25, 0.3) is 5.65 Å². The smallest absolute Gasteiger partial charge is 0.291 e. The zero-order valence-corrected chi connectivity index (χ0v) is 15.1. The molecule has 2 N–H and O–H groups in total. The third kappa shape index (κ3) is 3.42. The van der Waals surface area contributed by atoms with Crippen LogP contribution in [0.15, 0.2) is 16.1 Å². The maximum absolute atomic E-state index is 12.8. The second kappa shape index (κ2) is 7.19. The van der Waals surface area contributed by atoms with Gasteiger partial charge in [-0.2, -0.15) is 9.61 Å². The Hall–Kier alpha value is -2.84. The standard InChI is InChI=1S/C17H23N5O4/c1-4-26-19-8-11-7-18-22-15(11)21(9-10(2)3)16(24)13(17(22)25)14(23)20-12-5-6-12/h7-8,10,12,24H,4-6,9H2,1-3H3,(H,20,23)/b19-8+. The molecule has 2 aromatic heterocycles. The van der Waals surface area contributed by atoms with Gasteiger partial charge in [0.05, 0.1) is 18.0 Å². The van der Waals surface area contributed by atoms with Crippen molar-refractivity contribution < 1.29 is 14.7 Å². The lowest BCUT2D eigenvalue weighted by Crippen LogP contribution is -2.34. The highest BCUT2D eigenvalue weighted by atomic mass is 16.6. The van der Waals surface area contributed by atoms with E-state index in [0.717, 1.165) is 17.4 Å². The first-order chi connectivity index (χ1) is 12.4. The number of aromatic hydroxyl groups is 1. The molecule has 0 unspecified atom stereocenters. The fourth-order valence-electron chi connectivity index (χ4n) is 2.69. The number of rotatable bonds is 7. The molecule has 2 aromatic rings. The number of fused-ring (bicyclic) bond motifs is 1. The van der Waals surface area contributed by atoms with Crippen molar-refractivity contribution in [1.82, 2.24) is 19.5 Å². The van der Waals surface area contributed by atoms with Gasteiger partial charge in [0.1, 0.15) is 6.61 Å². The first kappa shape index (κ1) is 18.0. The molecule has 1 aliphatic carbocycles. The Morgan fingerprint density at radius 2 is 2.27 bits per heavy atom. The van der Waals surface area contributed by atoms with Gasteiger partial charge in [-0.25, -0.2) is 0 Å². The normalized spacial score (nSPS) is 14.5. The highest BCUT2D eigenvalue weighted by Crippen LogP contribution is 2.23. The topological polar surface area (TPSA) is 110 Å². The van der Waals surface area contributed by atoms with Gasteiger partial charge in [0.25, 0.3) is 11.5 Å². The largest absolute Gasteiger partial charge is 0.494 e. The molecule has 0 spiro atoms. The number of carbonyl (C=O) groups is 1. The second-order valence-corrected chi connectivity index (χ2v) is 6.74. The van der Waals surface area contributed by atoms with Crippen molar-refractivity contribution in [2.24, 2.45) is 11.1 Å². The van der Waals surface area contributed by atoms with E-state index in [4.69, 9.17) is 4.84 Å². The van der Waals surface area contributed by atoms with Crippen LogP contribution in [0.4, 0.5) is 0 Å². The van der Waals surface area contributed by atoms with Crippen LogP contribution in [0, 0.1) is 5.92 Å². The molecule has 9 nitrogen and oxygen atoms in total. The van der Waals surface area contributed by atoms with Gasteiger partial charge in [-0.15, -0.1) is 0 Å². The third-order valence-corrected chi connectivity index (χ3v) is 4.00. The third-order valence-electron chi connectivity index (χ3n) is 4.00. The summed E-state index contributed by atoms with van der Waals surface area (Å²) in [6.07, 6.45) is 4.66. The van der Waals surface area contributed by atoms with Crippen LogP contribution in [0.2, 0.25) is 0 Å². The Morgan fingerprint density at radius 3 is 2.88 bits per heavy atom. The lowest BCUT2D eigenvalue weighted by atomic mass is 10.2. The van der Waals surface area contributed by atoms with Gasteiger partial charge in [0.15, 0.2) is 11.2 Å². The minimum Gasteiger partial charge on any atom is -0.494 e. The van der Waals surface area contributed by atoms with Crippen LogP contribution < -0.4 is 10.9 Å². The lowest BCUT2D eigenvalue weighted by Gasteiger charge is -2.17. The van der Waals surface area contributed by atoms with E-state index in [9.17, 15) is 14.7 Å². The minimum absolute atomic E-state index is 0.0713. The van der Waals surface area contributed by atoms with Crippen molar-refractivity contribution in [2.45, 2.75) is 46.2 Å². The van der Waals surface area contributed by atoms with Gasteiger partial charge in [-0.05, 0) is 25.7 Å². The van der Waals surface area contributed by atoms with Gasteiger partial charge >= 0.3 is 0 Å². The van der Waals surface area contributed by atoms with Gasteiger partial charge in [-0.3, -0.25) is 14.2 Å². The molecular formula is C17H23N5O4. The molecule has 0 aromatic carbocycles. The van der Waals surface area contributed by atoms with Gasteiger partial charge in [0, 0.05) is 12.6 Å². The summed E-state index contributed by atoms with van der Waals surface area (Å²) in [5.74, 6) is -0.770. The van der Waals surface area contributed by atoms with E-state index in [1.165, 1.54) is 17.0 Å². The summed E-state index contributed by atoms with van der Waals surface area (Å²) in [6.45, 7) is 6.56. The van der Waals surface area contributed by atoms with Gasteiger partial charge < -0.3 is 15.3 Å². The quantitative estimate of drug-likeness (QED) is 0.567. The molecule has 0 radical (unpaired) electrons. The van der Waals surface area contributed by atoms with E-state index in [0.29, 0.717) is 24.4 Å². The van der Waals surface area contributed by atoms with Crippen LogP contribution in [0.1, 0.15) is 49.5 Å². The zero-order valence-electron chi connectivity index (χ0n) is 15.1. The minimum atomic E-state index is -0.660. The summed E-state index contributed by atoms with van der Waals surface area (Å²) in [7, 11) is 0. The zero-order chi connectivity index (χ0) is 18.8. The van der Waals surface area contributed by atoms with E-state index < -0.39 is 11.5 Å². The van der Waals surface area contributed by atoms with Crippen molar-refractivity contribution in [1.29, 1.82) is 0 Å². The number of hydrogen-bond acceptors (Lipinski definition) is 6. The van der Waals surface area contributed by atoms with Crippen LogP contribution in [-0.4, -0.2) is 44.1 Å². The Labute approximate surface area is 150 Å². The molecule has 0 aliphatic heterocycles. The molecule has 3 rings (SSSR count). The van der Waals surface area contributed by atoms with E-state index in [1.54, 1.807) is 6.92 Å². The van der Waals surface area contributed by atoms with E-state index in [2.05, 4.69) is 15.6 Å². The number of carbonyl (C=O) groups excluding carboxylic acids is 1. The molecule has 1 aliphatic rings. The number of hydrogen-bond donors (Lipinski definition) is 2. The molecule has 140 valence electrons. The fourth-order valence-corrected chi connectivity index (χ4v) is 2.69. The number of oxime groups is 1. The average Bonchev–Trinajstić information content (AvgIpc) is 3.28. The van der Waals surface area contributed by atoms with Gasteiger partial charge in [-0.1, -0.05) is 19.0 Å². The first-order valence-corrected chi connectivity index (χ1v) is 8.73. The molecule has 0 bridgehead atoms. The van der Waals surface area contributed by atoms with Crippen molar-refractivity contribution in [3.8, 4) is 5.88 Å². The van der Waals surface area contributed by atoms with Crippen LogP contribution in [0.3, 0.4) is 0 Å². The number of amides is 1. The first-order valence-electron chi connectivity index (χ1n) is 8.73. The Balaban J connectivity index is 2.18. The van der Waals surface area contributed by atoms with Crippen LogP contribution >= 0.6 is 0 Å². The number of aromatic nitrogens is 3. The summed E-state index contributed by atoms with van der Waals surface area (Å²) in [5, 5.41) is 21.4. The molecule has 1 fully saturated rings. The maximum Gasteiger partial charge on any atom is 0.291 e. The monoisotopic (exact) mass is 361 g/mol. The predicted octanol–water partition coefficient (Wildman–Crippen LogP) is 1.12. The van der Waals surface area contributed by atoms with Gasteiger partial charge in [0.2, 0.25) is 5.88 Å². The highest BCUT2D eigenvalue weighted by molar-refractivity contribution is 5.97. The molecule has 9 heteroatoms. The summed E-state index contributed by atoms with van der Waals surface area (Å²) in [4.78, 5) is 30.2. The molecule has 2 heterocycles. The molecular weight excluding hydrogens is 338 g/mol. The van der Waals surface area contributed by atoms with E-state index >= 15 is 0 Å². The predicted molar refractivity (Wildman–Crippen MR) is 95.7 cm³/mol. The molecule has 26 heavy (non-hydrogen) atoms. The van der Waals surface area contributed by atoms with E-state index in [1.807, 2.05) is 13.8 Å². The molecule has 0 saturated heterocycles. The van der Waals surface area contributed by atoms with Crippen molar-refractivity contribution >= 4 is 17.8 Å². The summed E-state index contributed by atoms with van der Waals surface area (Å²) < 4.78 is 2.64. The summed E-state index contributed by atoms with van der Waals surface area (Å²) in [5.41, 5.74) is -0.0681. The summed E-state index contributed by atoms with van der Waals surface area (Å²) >= 11 is 0. The SMILES string of the molecule is CCO/N=C/c1cnn2c(=O)c(C(=O)NC3CC3)c(O)n(CC(C)C)c12. The maximum atomic E-state index is 12.8.